The molecule has 0 bridgehead atoms. The number of amides is 2. The Bertz CT molecular complexity index is 1210. The molecule has 1 aliphatic carbocycles. The van der Waals surface area contributed by atoms with Gasteiger partial charge in [-0.1, -0.05) is 18.2 Å². The number of imidazole rings is 1. The van der Waals surface area contributed by atoms with Gasteiger partial charge in [0.1, 0.15) is 23.9 Å². The predicted molar refractivity (Wildman–Crippen MR) is 108 cm³/mol. The van der Waals surface area contributed by atoms with E-state index in [1.807, 2.05) is 5.38 Å². The van der Waals surface area contributed by atoms with Gasteiger partial charge >= 0.3 is 0 Å². The van der Waals surface area contributed by atoms with Gasteiger partial charge in [0, 0.05) is 17.2 Å². The van der Waals surface area contributed by atoms with Crippen molar-refractivity contribution in [2.24, 2.45) is 5.73 Å². The van der Waals surface area contributed by atoms with Crippen LogP contribution in [0.1, 0.15) is 22.5 Å². The van der Waals surface area contributed by atoms with Gasteiger partial charge in [-0.3, -0.25) is 19.0 Å². The first kappa shape index (κ1) is 18.8. The molecule has 4 rings (SSSR count). The highest BCUT2D eigenvalue weighted by Crippen LogP contribution is 2.10. The van der Waals surface area contributed by atoms with Gasteiger partial charge in [-0.15, -0.1) is 11.3 Å². The largest absolute Gasteiger partial charge is 0.363 e. The number of carbonyl (C=O) groups excluding carboxylic acids is 3. The number of hydrogen-bond donors (Lipinski definition) is 2. The summed E-state index contributed by atoms with van der Waals surface area (Å²) in [4.78, 5) is 45.0. The van der Waals surface area contributed by atoms with E-state index >= 15 is 0 Å². The lowest BCUT2D eigenvalue weighted by Crippen LogP contribution is -2.48. The zero-order chi connectivity index (χ0) is 20.4. The third-order valence-electron chi connectivity index (χ3n) is 4.62. The Labute approximate surface area is 169 Å². The average molecular weight is 407 g/mol. The summed E-state index contributed by atoms with van der Waals surface area (Å²) < 4.78 is 2.64. The third-order valence-corrected chi connectivity index (χ3v) is 5.66. The molecule has 0 radical (unpaired) electrons. The number of Topliss-reactive ketones (excluding diaryl/α,β-unsaturated/α-hetero) is 1. The fraction of sp³-hybridized carbons (Fsp3) is 0.150. The average Bonchev–Trinajstić information content (AvgIpc) is 3.45. The van der Waals surface area contributed by atoms with E-state index < -0.39 is 23.6 Å². The topological polar surface area (TPSA) is 120 Å². The summed E-state index contributed by atoms with van der Waals surface area (Å²) in [6.07, 6.45) is 9.60. The molecule has 0 saturated heterocycles. The molecule has 29 heavy (non-hydrogen) atoms. The van der Waals surface area contributed by atoms with Crippen molar-refractivity contribution in [1.29, 1.82) is 0 Å². The van der Waals surface area contributed by atoms with Crippen molar-refractivity contribution in [3.63, 3.8) is 0 Å². The van der Waals surface area contributed by atoms with Crippen LogP contribution in [-0.2, 0) is 16.0 Å². The van der Waals surface area contributed by atoms with Gasteiger partial charge in [-0.25, -0.2) is 9.97 Å². The first-order valence-electron chi connectivity index (χ1n) is 8.89. The van der Waals surface area contributed by atoms with Crippen LogP contribution in [0, 0.1) is 0 Å². The van der Waals surface area contributed by atoms with E-state index in [2.05, 4.69) is 27.4 Å². The molecule has 1 aliphatic rings. The van der Waals surface area contributed by atoms with Crippen LogP contribution in [0.3, 0.4) is 0 Å². The van der Waals surface area contributed by atoms with Crippen LogP contribution >= 0.6 is 11.3 Å². The maximum atomic E-state index is 12.9. The molecule has 2 amide bonds. The van der Waals surface area contributed by atoms with Crippen molar-refractivity contribution in [2.45, 2.75) is 18.9 Å². The summed E-state index contributed by atoms with van der Waals surface area (Å²) in [6.45, 7) is 0. The highest BCUT2D eigenvalue weighted by Gasteiger charge is 2.28. The minimum Gasteiger partial charge on any atom is -0.363 e. The van der Waals surface area contributed by atoms with Gasteiger partial charge in [-0.05, 0) is 34.7 Å². The van der Waals surface area contributed by atoms with Crippen molar-refractivity contribution in [3.05, 3.63) is 63.3 Å². The maximum Gasteiger partial charge on any atom is 0.287 e. The van der Waals surface area contributed by atoms with E-state index in [9.17, 15) is 14.4 Å². The molecule has 0 aliphatic heterocycles. The number of nitrogens with two attached hydrogens (primary N) is 1. The van der Waals surface area contributed by atoms with E-state index in [1.54, 1.807) is 35.7 Å². The molecule has 9 heteroatoms. The highest BCUT2D eigenvalue weighted by atomic mass is 32.1. The maximum absolute atomic E-state index is 12.9. The summed E-state index contributed by atoms with van der Waals surface area (Å²) in [5.41, 5.74) is 6.31. The van der Waals surface area contributed by atoms with E-state index in [-0.39, 0.29) is 12.1 Å². The molecule has 0 aromatic carbocycles. The van der Waals surface area contributed by atoms with Gasteiger partial charge in [0.2, 0.25) is 5.78 Å². The van der Waals surface area contributed by atoms with E-state index in [0.29, 0.717) is 5.82 Å². The van der Waals surface area contributed by atoms with Crippen molar-refractivity contribution < 1.29 is 14.4 Å². The van der Waals surface area contributed by atoms with Crippen LogP contribution < -0.4 is 20.8 Å². The molecule has 1 unspecified atom stereocenters. The second-order valence-electron chi connectivity index (χ2n) is 6.48. The molecule has 3 aromatic rings. The molecule has 146 valence electrons. The number of ketones is 1. The predicted octanol–water partition coefficient (Wildman–Crippen LogP) is -0.311. The molecule has 3 aromatic heterocycles. The Balaban J connectivity index is 1.61. The molecule has 1 atom stereocenters. The summed E-state index contributed by atoms with van der Waals surface area (Å²) in [5.74, 6) is -1.97. The SMILES string of the molecule is NC(=O)C(=O)C(Cc1csc2c1=CCC=2)NC(=O)c1cncn1-c1ccccn1. The van der Waals surface area contributed by atoms with Crippen LogP contribution in [0.2, 0.25) is 0 Å². The second kappa shape index (κ2) is 7.80. The number of primary amides is 1. The lowest BCUT2D eigenvalue weighted by Gasteiger charge is -2.16. The normalized spacial score (nSPS) is 13.1. The zero-order valence-electron chi connectivity index (χ0n) is 15.2. The number of nitrogens with zero attached hydrogens (tertiary/aromatic N) is 3. The number of aromatic nitrogens is 3. The molecule has 0 spiro atoms. The smallest absolute Gasteiger partial charge is 0.287 e. The lowest BCUT2D eigenvalue weighted by molar-refractivity contribution is -0.137. The van der Waals surface area contributed by atoms with Crippen LogP contribution in [0.15, 0.2) is 42.3 Å². The first-order chi connectivity index (χ1) is 14.0. The summed E-state index contributed by atoms with van der Waals surface area (Å²) >= 11 is 1.57. The van der Waals surface area contributed by atoms with Gasteiger partial charge < -0.3 is 11.1 Å². The van der Waals surface area contributed by atoms with Crippen LogP contribution in [-0.4, -0.2) is 38.2 Å². The van der Waals surface area contributed by atoms with Gasteiger partial charge in [0.15, 0.2) is 0 Å². The quantitative estimate of drug-likeness (QED) is 0.521. The molecule has 3 heterocycles. The van der Waals surface area contributed by atoms with Crippen molar-refractivity contribution >= 4 is 41.1 Å². The van der Waals surface area contributed by atoms with Gasteiger partial charge in [-0.2, -0.15) is 0 Å². The molecule has 0 saturated carbocycles. The Hall–Kier alpha value is -3.59. The molecule has 3 N–H and O–H groups in total. The Morgan fingerprint density at radius 3 is 2.90 bits per heavy atom. The Morgan fingerprint density at radius 1 is 1.28 bits per heavy atom. The van der Waals surface area contributed by atoms with Crippen LogP contribution in [0.25, 0.3) is 18.0 Å². The van der Waals surface area contributed by atoms with Gasteiger partial charge in [0.05, 0.1) is 6.20 Å². The number of rotatable bonds is 7. The summed E-state index contributed by atoms with van der Waals surface area (Å²) in [6, 6.07) is 4.20. The third kappa shape index (κ3) is 3.72. The number of nitrogens with one attached hydrogen (secondary N) is 1. The monoisotopic (exact) mass is 407 g/mol. The first-order valence-corrected chi connectivity index (χ1v) is 9.77. The minimum absolute atomic E-state index is 0.182. The van der Waals surface area contributed by atoms with E-state index in [0.717, 1.165) is 21.7 Å². The zero-order valence-corrected chi connectivity index (χ0v) is 16.1. The standard InChI is InChI=1S/C20H17N5O3S/c21-19(27)18(26)14(8-12-10-29-16-5-3-4-13(12)16)24-20(28)15-9-22-11-25(15)17-6-1-2-7-23-17/h1-2,4-7,9-11,14H,3,8H2,(H2,21,27)(H,24,28). The fourth-order valence-corrected chi connectivity index (χ4v) is 4.25. The van der Waals surface area contributed by atoms with Crippen molar-refractivity contribution in [2.75, 3.05) is 0 Å². The second-order valence-corrected chi connectivity index (χ2v) is 7.39. The molecular formula is C20H17N5O3S. The van der Waals surface area contributed by atoms with E-state index in [4.69, 9.17) is 5.73 Å². The summed E-state index contributed by atoms with van der Waals surface area (Å²) in [7, 11) is 0. The Kier molecular flexibility index (Phi) is 5.05. The van der Waals surface area contributed by atoms with Crippen LogP contribution in [0.4, 0.5) is 0 Å². The molecular weight excluding hydrogens is 390 g/mol. The fourth-order valence-electron chi connectivity index (χ4n) is 3.23. The lowest BCUT2D eigenvalue weighted by atomic mass is 10.0. The number of hydrogen-bond acceptors (Lipinski definition) is 6. The van der Waals surface area contributed by atoms with Crippen LogP contribution in [0.5, 0.6) is 0 Å². The molecule has 0 fully saturated rings. The number of thiophene rings is 1. The minimum atomic E-state index is -1.09. The Morgan fingerprint density at radius 2 is 2.14 bits per heavy atom. The highest BCUT2D eigenvalue weighted by molar-refractivity contribution is 7.07. The van der Waals surface area contributed by atoms with Crippen molar-refractivity contribution in [3.8, 4) is 5.82 Å². The van der Waals surface area contributed by atoms with Gasteiger partial charge in [0.25, 0.3) is 11.8 Å². The summed E-state index contributed by atoms with van der Waals surface area (Å²) in [5, 5.41) is 5.62. The number of fused-ring (bicyclic) bond motifs is 1. The molecule has 8 nitrogen and oxygen atoms in total. The number of pyridine rings is 1. The van der Waals surface area contributed by atoms with E-state index in [1.165, 1.54) is 17.1 Å². The van der Waals surface area contributed by atoms with Crippen molar-refractivity contribution in [1.82, 2.24) is 19.9 Å². The number of carbonyl (C=O) groups is 3.